The maximum atomic E-state index is 11.0. The lowest BCUT2D eigenvalue weighted by Gasteiger charge is -2.23. The SMILES string of the molecule is CC/C(=C(\C(=C\c1ccccc1CC)C(C)C)c1ccc(/C=C/C(=O)O)cc1)c1ccc(Cl)cc1C#N. The van der Waals surface area contributed by atoms with E-state index >= 15 is 0 Å². The lowest BCUT2D eigenvalue weighted by atomic mass is 9.81. The molecule has 0 aliphatic carbocycles. The molecule has 0 saturated carbocycles. The highest BCUT2D eigenvalue weighted by atomic mass is 35.5. The number of nitriles is 1. The van der Waals surface area contributed by atoms with Crippen molar-refractivity contribution in [1.29, 1.82) is 5.26 Å². The molecule has 0 saturated heterocycles. The number of nitrogens with zero attached hydrogens (tertiary/aromatic N) is 1. The van der Waals surface area contributed by atoms with Crippen molar-refractivity contribution < 1.29 is 9.90 Å². The first-order chi connectivity index (χ1) is 17.8. The monoisotopic (exact) mass is 509 g/mol. The number of allylic oxidation sites excluding steroid dienone is 3. The van der Waals surface area contributed by atoms with Crippen LogP contribution in [0.5, 0.6) is 0 Å². The molecule has 0 aliphatic rings. The average Bonchev–Trinajstić information content (AvgIpc) is 2.90. The van der Waals surface area contributed by atoms with Crippen molar-refractivity contribution in [2.75, 3.05) is 0 Å². The van der Waals surface area contributed by atoms with Crippen LogP contribution >= 0.6 is 11.6 Å². The van der Waals surface area contributed by atoms with Gasteiger partial charge in [0.2, 0.25) is 0 Å². The van der Waals surface area contributed by atoms with E-state index in [-0.39, 0.29) is 5.92 Å². The van der Waals surface area contributed by atoms with Gasteiger partial charge in [0.1, 0.15) is 0 Å². The summed E-state index contributed by atoms with van der Waals surface area (Å²) in [6.07, 6.45) is 6.63. The number of benzene rings is 3. The zero-order chi connectivity index (χ0) is 26.9. The van der Waals surface area contributed by atoms with Crippen LogP contribution in [0.15, 0.2) is 78.4 Å². The van der Waals surface area contributed by atoms with Crippen LogP contribution in [-0.2, 0) is 11.2 Å². The molecule has 0 bridgehead atoms. The van der Waals surface area contributed by atoms with Gasteiger partial charge in [0, 0.05) is 11.1 Å². The number of hydrogen-bond donors (Lipinski definition) is 1. The van der Waals surface area contributed by atoms with Gasteiger partial charge in [-0.15, -0.1) is 0 Å². The normalized spacial score (nSPS) is 12.5. The van der Waals surface area contributed by atoms with Crippen LogP contribution in [-0.4, -0.2) is 11.1 Å². The Morgan fingerprint density at radius 3 is 2.35 bits per heavy atom. The number of carboxylic acids is 1. The molecule has 4 heteroatoms. The van der Waals surface area contributed by atoms with Crippen LogP contribution in [0.25, 0.3) is 23.3 Å². The predicted octanol–water partition coefficient (Wildman–Crippen LogP) is 8.93. The van der Waals surface area contributed by atoms with E-state index in [2.05, 4.69) is 64.1 Å². The van der Waals surface area contributed by atoms with Gasteiger partial charge < -0.3 is 5.11 Å². The Labute approximate surface area is 225 Å². The second kappa shape index (κ2) is 12.9. The number of hydrogen-bond acceptors (Lipinski definition) is 2. The molecule has 0 heterocycles. The number of carbonyl (C=O) groups is 1. The summed E-state index contributed by atoms with van der Waals surface area (Å²) in [7, 11) is 0. The number of rotatable bonds is 9. The minimum Gasteiger partial charge on any atom is -0.478 e. The number of carboxylic acid groups (broad SMARTS) is 1. The molecular weight excluding hydrogens is 478 g/mol. The smallest absolute Gasteiger partial charge is 0.328 e. The fraction of sp³-hybridized carbons (Fsp3) is 0.212. The molecule has 0 aliphatic heterocycles. The summed E-state index contributed by atoms with van der Waals surface area (Å²) in [6.45, 7) is 8.63. The Balaban J connectivity index is 2.37. The first-order valence-electron chi connectivity index (χ1n) is 12.5. The van der Waals surface area contributed by atoms with Gasteiger partial charge in [0.05, 0.1) is 11.6 Å². The zero-order valence-corrected chi connectivity index (χ0v) is 22.5. The molecule has 0 aromatic heterocycles. The van der Waals surface area contributed by atoms with E-state index < -0.39 is 5.97 Å². The molecule has 3 aromatic rings. The van der Waals surface area contributed by atoms with Crippen LogP contribution in [0.4, 0.5) is 0 Å². The summed E-state index contributed by atoms with van der Waals surface area (Å²) >= 11 is 6.24. The van der Waals surface area contributed by atoms with Gasteiger partial charge in [0.25, 0.3) is 0 Å². The summed E-state index contributed by atoms with van der Waals surface area (Å²) in [5, 5.41) is 19.5. The molecule has 0 radical (unpaired) electrons. The quantitative estimate of drug-likeness (QED) is 0.178. The first-order valence-corrected chi connectivity index (χ1v) is 12.9. The van der Waals surface area contributed by atoms with Gasteiger partial charge in [-0.2, -0.15) is 5.26 Å². The van der Waals surface area contributed by atoms with Crippen molar-refractivity contribution in [3.63, 3.8) is 0 Å². The second-order valence-electron chi connectivity index (χ2n) is 9.11. The highest BCUT2D eigenvalue weighted by Crippen LogP contribution is 2.40. The third-order valence-electron chi connectivity index (χ3n) is 6.36. The van der Waals surface area contributed by atoms with Crippen LogP contribution < -0.4 is 0 Å². The Hall–Kier alpha value is -3.87. The van der Waals surface area contributed by atoms with E-state index in [1.54, 1.807) is 12.1 Å². The van der Waals surface area contributed by atoms with Gasteiger partial charge in [-0.25, -0.2) is 4.79 Å². The maximum absolute atomic E-state index is 11.0. The Kier molecular flexibility index (Phi) is 9.66. The minimum atomic E-state index is -0.982. The van der Waals surface area contributed by atoms with Crippen LogP contribution in [0, 0.1) is 17.2 Å². The third-order valence-corrected chi connectivity index (χ3v) is 6.59. The number of aryl methyl sites for hydroxylation is 1. The summed E-state index contributed by atoms with van der Waals surface area (Å²) in [4.78, 5) is 11.0. The highest BCUT2D eigenvalue weighted by Gasteiger charge is 2.20. The second-order valence-corrected chi connectivity index (χ2v) is 9.55. The summed E-state index contributed by atoms with van der Waals surface area (Å²) in [5.74, 6) is -0.782. The molecule has 37 heavy (non-hydrogen) atoms. The molecule has 3 rings (SSSR count). The summed E-state index contributed by atoms with van der Waals surface area (Å²) < 4.78 is 0. The van der Waals surface area contributed by atoms with E-state index in [4.69, 9.17) is 16.7 Å². The Bertz CT molecular complexity index is 1400. The van der Waals surface area contributed by atoms with Gasteiger partial charge in [-0.1, -0.05) is 100.0 Å². The third kappa shape index (κ3) is 6.88. The molecule has 0 unspecified atom stereocenters. The molecule has 0 amide bonds. The van der Waals surface area contributed by atoms with E-state index in [9.17, 15) is 10.1 Å². The topological polar surface area (TPSA) is 61.1 Å². The van der Waals surface area contributed by atoms with Crippen LogP contribution in [0.1, 0.15) is 67.5 Å². The maximum Gasteiger partial charge on any atom is 0.328 e. The summed E-state index contributed by atoms with van der Waals surface area (Å²) in [5.41, 5.74) is 9.00. The summed E-state index contributed by atoms with van der Waals surface area (Å²) in [6, 6.07) is 24.1. The van der Waals surface area contributed by atoms with E-state index in [1.807, 2.05) is 36.4 Å². The van der Waals surface area contributed by atoms with E-state index in [1.165, 1.54) is 16.7 Å². The molecule has 0 spiro atoms. The van der Waals surface area contributed by atoms with Gasteiger partial charge in [-0.3, -0.25) is 0 Å². The van der Waals surface area contributed by atoms with E-state index in [0.717, 1.165) is 40.3 Å². The van der Waals surface area contributed by atoms with Crippen molar-refractivity contribution in [2.45, 2.75) is 40.5 Å². The van der Waals surface area contributed by atoms with Gasteiger partial charge in [-0.05, 0) is 81.5 Å². The fourth-order valence-electron chi connectivity index (χ4n) is 4.51. The van der Waals surface area contributed by atoms with Gasteiger partial charge >= 0.3 is 5.97 Å². The molecule has 0 fully saturated rings. The van der Waals surface area contributed by atoms with Crippen molar-refractivity contribution in [3.8, 4) is 6.07 Å². The number of aliphatic carboxylic acids is 1. The fourth-order valence-corrected chi connectivity index (χ4v) is 4.68. The van der Waals surface area contributed by atoms with Crippen molar-refractivity contribution in [3.05, 3.63) is 117 Å². The molecule has 0 atom stereocenters. The lowest BCUT2D eigenvalue weighted by Crippen LogP contribution is -2.04. The largest absolute Gasteiger partial charge is 0.478 e. The Morgan fingerprint density at radius 2 is 1.76 bits per heavy atom. The van der Waals surface area contributed by atoms with Crippen molar-refractivity contribution >= 4 is 40.9 Å². The predicted molar refractivity (Wildman–Crippen MR) is 155 cm³/mol. The van der Waals surface area contributed by atoms with Crippen LogP contribution in [0.2, 0.25) is 5.02 Å². The number of halogens is 1. The molecule has 3 aromatic carbocycles. The molecule has 3 nitrogen and oxygen atoms in total. The van der Waals surface area contributed by atoms with Crippen LogP contribution in [0.3, 0.4) is 0 Å². The van der Waals surface area contributed by atoms with Gasteiger partial charge in [0.15, 0.2) is 0 Å². The minimum absolute atomic E-state index is 0.200. The Morgan fingerprint density at radius 1 is 1.05 bits per heavy atom. The first kappa shape index (κ1) is 27.7. The molecular formula is C33H32ClNO2. The zero-order valence-electron chi connectivity index (χ0n) is 21.8. The van der Waals surface area contributed by atoms with E-state index in [0.29, 0.717) is 17.0 Å². The molecule has 188 valence electrons. The average molecular weight is 510 g/mol. The lowest BCUT2D eigenvalue weighted by molar-refractivity contribution is -0.131. The highest BCUT2D eigenvalue weighted by molar-refractivity contribution is 6.30. The van der Waals surface area contributed by atoms with Crippen molar-refractivity contribution in [1.82, 2.24) is 0 Å². The van der Waals surface area contributed by atoms with Crippen molar-refractivity contribution in [2.24, 2.45) is 5.92 Å². The standard InChI is InChI=1S/C33H32ClNO2/c1-5-24-9-7-8-10-26(24)20-31(22(3)4)33(25-14-11-23(12-15-25)13-18-32(36)37)29(6-2)30-17-16-28(34)19-27(30)21-35/h7-20,22H,5-6H2,1-4H3,(H,36,37)/b18-13+,31-20+,33-29+. The molecule has 1 N–H and O–H groups in total.